The molecule has 0 fully saturated rings. The highest BCUT2D eigenvalue weighted by atomic mass is 16.9. The summed E-state index contributed by atoms with van der Waals surface area (Å²) in [6.07, 6.45) is 11.2. The zero-order valence-corrected chi connectivity index (χ0v) is 17.0. The fraction of sp³-hybridized carbons (Fsp3) is 1.00. The van der Waals surface area contributed by atoms with Crippen molar-refractivity contribution < 1.29 is 14.2 Å². The van der Waals surface area contributed by atoms with Gasteiger partial charge in [-0.15, -0.1) is 0 Å². The number of hydrogen-bond donors (Lipinski definition) is 1. The zero-order chi connectivity index (χ0) is 18.1. The van der Waals surface area contributed by atoms with E-state index in [2.05, 4.69) is 12.2 Å². The maximum absolute atomic E-state index is 6.03. The van der Waals surface area contributed by atoms with Crippen molar-refractivity contribution in [3.05, 3.63) is 0 Å². The molecule has 4 heteroatoms. The fourth-order valence-corrected chi connectivity index (χ4v) is 3.28. The summed E-state index contributed by atoms with van der Waals surface area (Å²) in [5.41, 5.74) is 0. The molecule has 0 aromatic rings. The number of rotatable bonds is 18. The van der Waals surface area contributed by atoms with Crippen molar-refractivity contribution in [3.63, 3.8) is 0 Å². The van der Waals surface area contributed by atoms with E-state index in [0.29, 0.717) is 19.8 Å². The van der Waals surface area contributed by atoms with Crippen LogP contribution in [0.15, 0.2) is 0 Å². The lowest BCUT2D eigenvalue weighted by atomic mass is 9.92. The summed E-state index contributed by atoms with van der Waals surface area (Å²) >= 11 is 0. The SMILES string of the molecule is CCCCCCCCC(CCCNC)C(OCC)(OCC)OCC. The van der Waals surface area contributed by atoms with Crippen molar-refractivity contribution in [2.24, 2.45) is 5.92 Å². The third-order valence-electron chi connectivity index (χ3n) is 4.42. The molecule has 0 aliphatic rings. The number of ether oxygens (including phenoxy) is 3. The van der Waals surface area contributed by atoms with E-state index < -0.39 is 5.97 Å². The monoisotopic (exact) mass is 345 g/mol. The number of nitrogens with one attached hydrogen (secondary N) is 1. The van der Waals surface area contributed by atoms with Gasteiger partial charge < -0.3 is 19.5 Å². The predicted octanol–water partition coefficient (Wildman–Crippen LogP) is 5.12. The van der Waals surface area contributed by atoms with Gasteiger partial charge in [-0.25, -0.2) is 0 Å². The Morgan fingerprint density at radius 3 is 1.71 bits per heavy atom. The van der Waals surface area contributed by atoms with Gasteiger partial charge in [0.1, 0.15) is 0 Å². The highest BCUT2D eigenvalue weighted by molar-refractivity contribution is 4.73. The smallest absolute Gasteiger partial charge is 0.285 e. The van der Waals surface area contributed by atoms with E-state index in [1.165, 1.54) is 38.5 Å². The molecule has 0 aromatic heterocycles. The normalized spacial score (nSPS) is 13.4. The first kappa shape index (κ1) is 23.8. The van der Waals surface area contributed by atoms with Gasteiger partial charge in [-0.3, -0.25) is 0 Å². The lowest BCUT2D eigenvalue weighted by Crippen LogP contribution is -2.47. The standard InChI is InChI=1S/C20H43NO3/c1-6-10-11-12-13-14-16-19(17-15-18-21-5)20(22-7-2,23-8-3)24-9-4/h19,21H,6-18H2,1-5H3. The molecule has 0 aliphatic carbocycles. The van der Waals surface area contributed by atoms with Crippen LogP contribution in [0.4, 0.5) is 0 Å². The number of hydrogen-bond acceptors (Lipinski definition) is 4. The van der Waals surface area contributed by atoms with Crippen LogP contribution in [0.1, 0.15) is 85.5 Å². The Bertz CT molecular complexity index is 244. The van der Waals surface area contributed by atoms with Gasteiger partial charge in [0.15, 0.2) is 0 Å². The van der Waals surface area contributed by atoms with Crippen LogP contribution in [0.5, 0.6) is 0 Å². The van der Waals surface area contributed by atoms with Gasteiger partial charge >= 0.3 is 0 Å². The van der Waals surface area contributed by atoms with E-state index in [-0.39, 0.29) is 5.92 Å². The minimum Gasteiger partial charge on any atom is -0.328 e. The molecule has 0 spiro atoms. The Morgan fingerprint density at radius 1 is 0.708 bits per heavy atom. The van der Waals surface area contributed by atoms with Gasteiger partial charge in [0, 0.05) is 25.7 Å². The molecule has 0 aromatic carbocycles. The molecule has 24 heavy (non-hydrogen) atoms. The Hall–Kier alpha value is -0.160. The van der Waals surface area contributed by atoms with E-state index in [9.17, 15) is 0 Å². The molecule has 0 heterocycles. The second-order valence-electron chi connectivity index (χ2n) is 6.40. The second-order valence-corrected chi connectivity index (χ2v) is 6.40. The molecular formula is C20H43NO3. The molecule has 4 nitrogen and oxygen atoms in total. The van der Waals surface area contributed by atoms with E-state index in [1.54, 1.807) is 0 Å². The third kappa shape index (κ3) is 9.97. The molecule has 0 amide bonds. The largest absolute Gasteiger partial charge is 0.328 e. The van der Waals surface area contributed by atoms with Crippen LogP contribution >= 0.6 is 0 Å². The molecule has 0 bridgehead atoms. The van der Waals surface area contributed by atoms with Crippen LogP contribution in [0.2, 0.25) is 0 Å². The van der Waals surface area contributed by atoms with Crippen LogP contribution < -0.4 is 5.32 Å². The van der Waals surface area contributed by atoms with Crippen molar-refractivity contribution in [1.29, 1.82) is 0 Å². The Labute approximate surface area is 151 Å². The van der Waals surface area contributed by atoms with Crippen LogP contribution in [-0.4, -0.2) is 39.4 Å². The summed E-state index contributed by atoms with van der Waals surface area (Å²) in [5.74, 6) is -0.577. The highest BCUT2D eigenvalue weighted by Crippen LogP contribution is 2.34. The van der Waals surface area contributed by atoms with Gasteiger partial charge in [-0.1, -0.05) is 45.4 Å². The topological polar surface area (TPSA) is 39.7 Å². The molecule has 0 saturated heterocycles. The van der Waals surface area contributed by atoms with E-state index >= 15 is 0 Å². The Balaban J connectivity index is 4.74. The molecule has 0 radical (unpaired) electrons. The maximum atomic E-state index is 6.03. The van der Waals surface area contributed by atoms with Crippen molar-refractivity contribution in [3.8, 4) is 0 Å². The summed E-state index contributed by atoms with van der Waals surface area (Å²) < 4.78 is 18.1. The molecular weight excluding hydrogens is 302 g/mol. The second kappa shape index (κ2) is 16.3. The average molecular weight is 346 g/mol. The quantitative estimate of drug-likeness (QED) is 0.276. The van der Waals surface area contributed by atoms with Crippen LogP contribution in [0.25, 0.3) is 0 Å². The molecule has 0 aliphatic heterocycles. The lowest BCUT2D eigenvalue weighted by molar-refractivity contribution is -0.403. The lowest BCUT2D eigenvalue weighted by Gasteiger charge is -2.39. The summed E-state index contributed by atoms with van der Waals surface area (Å²) in [5, 5.41) is 3.24. The zero-order valence-electron chi connectivity index (χ0n) is 17.0. The fourth-order valence-electron chi connectivity index (χ4n) is 3.28. The van der Waals surface area contributed by atoms with Gasteiger partial charge in [0.2, 0.25) is 0 Å². The minimum absolute atomic E-state index is 0.289. The summed E-state index contributed by atoms with van der Waals surface area (Å²) in [6, 6.07) is 0. The van der Waals surface area contributed by atoms with Crippen LogP contribution in [-0.2, 0) is 14.2 Å². The summed E-state index contributed by atoms with van der Waals surface area (Å²) in [6.45, 7) is 11.2. The molecule has 0 rings (SSSR count). The molecule has 146 valence electrons. The molecule has 1 N–H and O–H groups in total. The van der Waals surface area contributed by atoms with Gasteiger partial charge in [-0.2, -0.15) is 0 Å². The molecule has 1 atom stereocenters. The third-order valence-corrected chi connectivity index (χ3v) is 4.42. The average Bonchev–Trinajstić information content (AvgIpc) is 2.57. The minimum atomic E-state index is -0.866. The van der Waals surface area contributed by atoms with Crippen molar-refractivity contribution in [1.82, 2.24) is 5.32 Å². The van der Waals surface area contributed by atoms with E-state index in [1.807, 2.05) is 27.8 Å². The summed E-state index contributed by atoms with van der Waals surface area (Å²) in [7, 11) is 2.00. The van der Waals surface area contributed by atoms with Crippen molar-refractivity contribution in [2.75, 3.05) is 33.4 Å². The van der Waals surface area contributed by atoms with E-state index in [0.717, 1.165) is 25.8 Å². The van der Waals surface area contributed by atoms with Gasteiger partial charge in [-0.05, 0) is 53.6 Å². The first-order valence-electron chi connectivity index (χ1n) is 10.3. The van der Waals surface area contributed by atoms with Crippen molar-refractivity contribution in [2.45, 2.75) is 91.5 Å². The Morgan fingerprint density at radius 2 is 1.21 bits per heavy atom. The highest BCUT2D eigenvalue weighted by Gasteiger charge is 2.41. The van der Waals surface area contributed by atoms with Gasteiger partial charge in [0.05, 0.1) is 0 Å². The first-order valence-corrected chi connectivity index (χ1v) is 10.3. The Kier molecular flexibility index (Phi) is 16.2. The first-order chi connectivity index (χ1) is 11.7. The summed E-state index contributed by atoms with van der Waals surface area (Å²) in [4.78, 5) is 0. The molecule has 0 saturated carbocycles. The predicted molar refractivity (Wildman–Crippen MR) is 102 cm³/mol. The van der Waals surface area contributed by atoms with Crippen LogP contribution in [0.3, 0.4) is 0 Å². The van der Waals surface area contributed by atoms with Crippen molar-refractivity contribution >= 4 is 0 Å². The van der Waals surface area contributed by atoms with Crippen LogP contribution in [0, 0.1) is 5.92 Å². The maximum Gasteiger partial charge on any atom is 0.285 e. The number of unbranched alkanes of at least 4 members (excludes halogenated alkanes) is 5. The van der Waals surface area contributed by atoms with Gasteiger partial charge in [0.25, 0.3) is 5.97 Å². The van der Waals surface area contributed by atoms with E-state index in [4.69, 9.17) is 14.2 Å². The molecule has 1 unspecified atom stereocenters.